The van der Waals surface area contributed by atoms with Gasteiger partial charge in [-0.05, 0) is 45.0 Å². The molecule has 0 aliphatic rings. The molecule has 1 N–H and O–H groups in total. The number of thiazole rings is 1. The number of imidazole rings is 1. The van der Waals surface area contributed by atoms with Crippen LogP contribution in [0.15, 0.2) is 42.0 Å². The first-order valence-corrected chi connectivity index (χ1v) is 10.1. The smallest absolute Gasteiger partial charge is 0.312 e. The number of amides is 1. The third kappa shape index (κ3) is 4.89. The van der Waals surface area contributed by atoms with E-state index >= 15 is 0 Å². The van der Waals surface area contributed by atoms with Gasteiger partial charge in [0.05, 0.1) is 12.1 Å². The van der Waals surface area contributed by atoms with Crippen LogP contribution in [0.2, 0.25) is 0 Å². The van der Waals surface area contributed by atoms with Gasteiger partial charge in [-0.25, -0.2) is 4.98 Å². The molecular weight excluding hydrogens is 376 g/mol. The van der Waals surface area contributed by atoms with Crippen molar-refractivity contribution in [1.29, 1.82) is 0 Å². The highest BCUT2D eigenvalue weighted by molar-refractivity contribution is 7.15. The lowest BCUT2D eigenvalue weighted by atomic mass is 10.2. The van der Waals surface area contributed by atoms with Gasteiger partial charge in [-0.15, -0.1) is 11.3 Å². The van der Waals surface area contributed by atoms with Crippen molar-refractivity contribution >= 4 is 39.5 Å². The Morgan fingerprint density at radius 1 is 1.29 bits per heavy atom. The van der Waals surface area contributed by atoms with Crippen LogP contribution in [0.25, 0.3) is 4.96 Å². The molecule has 3 rings (SSSR count). The number of esters is 1. The van der Waals surface area contributed by atoms with Gasteiger partial charge in [-0.2, -0.15) is 0 Å². The molecule has 1 aromatic carbocycles. The fourth-order valence-corrected chi connectivity index (χ4v) is 3.70. The lowest BCUT2D eigenvalue weighted by Gasteiger charge is -2.27. The molecule has 3 aromatic rings. The third-order valence-corrected chi connectivity index (χ3v) is 5.05. The van der Waals surface area contributed by atoms with Crippen molar-refractivity contribution in [1.82, 2.24) is 9.38 Å². The molecule has 0 atom stereocenters. The molecule has 0 aliphatic heterocycles. The molecular formula is C20H24N4O3S. The zero-order chi connectivity index (χ0) is 20.1. The Balaban J connectivity index is 1.47. The second kappa shape index (κ2) is 8.88. The van der Waals surface area contributed by atoms with Crippen molar-refractivity contribution in [2.24, 2.45) is 0 Å². The number of carbonyl (C=O) groups is 2. The van der Waals surface area contributed by atoms with Crippen molar-refractivity contribution in [3.63, 3.8) is 0 Å². The van der Waals surface area contributed by atoms with Crippen LogP contribution in [-0.2, 0) is 20.7 Å². The van der Waals surface area contributed by atoms with Crippen LogP contribution in [0.5, 0.6) is 0 Å². The quantitative estimate of drug-likeness (QED) is 0.587. The van der Waals surface area contributed by atoms with Crippen LogP contribution in [0, 0.1) is 0 Å². The molecule has 1 amide bonds. The number of anilines is 2. The summed E-state index contributed by atoms with van der Waals surface area (Å²) in [6.07, 6.45) is 3.70. The van der Waals surface area contributed by atoms with Gasteiger partial charge in [0.25, 0.3) is 5.91 Å². The summed E-state index contributed by atoms with van der Waals surface area (Å²) < 4.78 is 6.91. The first-order valence-electron chi connectivity index (χ1n) is 9.19. The fourth-order valence-electron chi connectivity index (χ4n) is 2.99. The number of hydrogen-bond donors (Lipinski definition) is 1. The summed E-state index contributed by atoms with van der Waals surface area (Å²) in [5, 5.41) is 4.66. The largest absolute Gasteiger partial charge is 0.455 e. The second-order valence-electron chi connectivity index (χ2n) is 6.64. The summed E-state index contributed by atoms with van der Waals surface area (Å²) in [5.41, 5.74) is 2.39. The van der Waals surface area contributed by atoms with E-state index < -0.39 is 5.97 Å². The molecule has 0 bridgehead atoms. The molecule has 0 aliphatic carbocycles. The van der Waals surface area contributed by atoms with E-state index in [1.165, 1.54) is 11.3 Å². The van der Waals surface area contributed by atoms with Gasteiger partial charge in [0.2, 0.25) is 0 Å². The molecule has 0 radical (unpaired) electrons. The number of rotatable bonds is 8. The minimum Gasteiger partial charge on any atom is -0.455 e. The van der Waals surface area contributed by atoms with E-state index in [-0.39, 0.29) is 18.9 Å². The van der Waals surface area contributed by atoms with Crippen LogP contribution in [0.1, 0.15) is 26.5 Å². The van der Waals surface area contributed by atoms with E-state index in [1.807, 2.05) is 40.2 Å². The lowest BCUT2D eigenvalue weighted by Crippen LogP contribution is -2.30. The van der Waals surface area contributed by atoms with E-state index in [1.54, 1.807) is 6.20 Å². The average Bonchev–Trinajstić information content (AvgIpc) is 3.23. The maximum Gasteiger partial charge on any atom is 0.312 e. The van der Waals surface area contributed by atoms with Crippen molar-refractivity contribution in [3.8, 4) is 0 Å². The van der Waals surface area contributed by atoms with E-state index in [2.05, 4.69) is 36.0 Å². The SMILES string of the molecule is CCN(c1ccc(NC(=O)COC(=O)Cc2cn3ccsc3n2)cc1)C(C)C. The fraction of sp³-hybridized carbons (Fsp3) is 0.350. The zero-order valence-electron chi connectivity index (χ0n) is 16.2. The Morgan fingerprint density at radius 2 is 2.04 bits per heavy atom. The minimum atomic E-state index is -0.480. The maximum atomic E-state index is 12.0. The standard InChI is InChI=1S/C20H24N4O3S/c1-4-24(14(2)3)17-7-5-15(6-8-17)21-18(25)13-27-19(26)11-16-12-23-9-10-28-20(23)22-16/h5-10,12,14H,4,11,13H2,1-3H3,(H,21,25). The number of nitrogens with zero attached hydrogens (tertiary/aromatic N) is 3. The molecule has 28 heavy (non-hydrogen) atoms. The molecule has 2 heterocycles. The highest BCUT2D eigenvalue weighted by atomic mass is 32.1. The average molecular weight is 401 g/mol. The van der Waals surface area contributed by atoms with Gasteiger partial charge < -0.3 is 15.0 Å². The van der Waals surface area contributed by atoms with Gasteiger partial charge in [0, 0.05) is 41.7 Å². The van der Waals surface area contributed by atoms with Crippen molar-refractivity contribution in [2.75, 3.05) is 23.4 Å². The van der Waals surface area contributed by atoms with Gasteiger partial charge >= 0.3 is 5.97 Å². The van der Waals surface area contributed by atoms with Crippen LogP contribution >= 0.6 is 11.3 Å². The normalized spacial score (nSPS) is 11.0. The second-order valence-corrected chi connectivity index (χ2v) is 7.51. The molecule has 7 nitrogen and oxygen atoms in total. The molecule has 0 spiro atoms. The van der Waals surface area contributed by atoms with E-state index in [0.29, 0.717) is 17.4 Å². The monoisotopic (exact) mass is 400 g/mol. The minimum absolute atomic E-state index is 0.0401. The Kier molecular flexibility index (Phi) is 6.30. The Morgan fingerprint density at radius 3 is 2.68 bits per heavy atom. The molecule has 2 aromatic heterocycles. The number of hydrogen-bond acceptors (Lipinski definition) is 6. The van der Waals surface area contributed by atoms with E-state index in [4.69, 9.17) is 4.74 Å². The van der Waals surface area contributed by atoms with Crippen molar-refractivity contribution in [2.45, 2.75) is 33.2 Å². The molecule has 0 saturated carbocycles. The first kappa shape index (κ1) is 19.9. The number of benzene rings is 1. The van der Waals surface area contributed by atoms with Gasteiger partial charge in [-0.1, -0.05) is 0 Å². The Bertz CT molecular complexity index is 917. The number of ether oxygens (including phenoxy) is 1. The Labute approximate surface area is 167 Å². The number of nitrogens with one attached hydrogen (secondary N) is 1. The summed E-state index contributed by atoms with van der Waals surface area (Å²) in [5.74, 6) is -0.852. The molecule has 8 heteroatoms. The van der Waals surface area contributed by atoms with E-state index in [9.17, 15) is 9.59 Å². The number of carbonyl (C=O) groups excluding carboxylic acids is 2. The predicted molar refractivity (Wildman–Crippen MR) is 111 cm³/mol. The molecule has 0 saturated heterocycles. The van der Waals surface area contributed by atoms with Gasteiger partial charge in [-0.3, -0.25) is 14.0 Å². The highest BCUT2D eigenvalue weighted by Crippen LogP contribution is 2.20. The molecule has 0 unspecified atom stereocenters. The van der Waals surface area contributed by atoms with Crippen LogP contribution in [0.3, 0.4) is 0 Å². The maximum absolute atomic E-state index is 12.0. The molecule has 0 fully saturated rings. The van der Waals surface area contributed by atoms with Crippen LogP contribution in [0.4, 0.5) is 11.4 Å². The summed E-state index contributed by atoms with van der Waals surface area (Å²) in [4.78, 5) is 31.4. The zero-order valence-corrected chi connectivity index (χ0v) is 17.0. The predicted octanol–water partition coefficient (Wildman–Crippen LogP) is 3.35. The topological polar surface area (TPSA) is 75.9 Å². The third-order valence-electron chi connectivity index (χ3n) is 4.28. The highest BCUT2D eigenvalue weighted by Gasteiger charge is 2.12. The van der Waals surface area contributed by atoms with Gasteiger partial charge in [0.1, 0.15) is 0 Å². The van der Waals surface area contributed by atoms with Crippen LogP contribution in [-0.4, -0.2) is 40.5 Å². The van der Waals surface area contributed by atoms with Crippen LogP contribution < -0.4 is 10.2 Å². The first-order chi connectivity index (χ1) is 13.5. The summed E-state index contributed by atoms with van der Waals surface area (Å²) >= 11 is 1.49. The molecule has 148 valence electrons. The summed E-state index contributed by atoms with van der Waals surface area (Å²) in [7, 11) is 0. The van der Waals surface area contributed by atoms with Gasteiger partial charge in [0.15, 0.2) is 11.6 Å². The number of aromatic nitrogens is 2. The van der Waals surface area contributed by atoms with Crippen molar-refractivity contribution in [3.05, 3.63) is 47.7 Å². The summed E-state index contributed by atoms with van der Waals surface area (Å²) in [6.45, 7) is 6.97. The number of fused-ring (bicyclic) bond motifs is 1. The van der Waals surface area contributed by atoms with E-state index in [0.717, 1.165) is 17.2 Å². The van der Waals surface area contributed by atoms with Crippen molar-refractivity contribution < 1.29 is 14.3 Å². The Hall–Kier alpha value is -2.87. The lowest BCUT2D eigenvalue weighted by molar-refractivity contribution is -0.146. The summed E-state index contributed by atoms with van der Waals surface area (Å²) in [6, 6.07) is 8.02.